The topological polar surface area (TPSA) is 105 Å². The number of halogens is 2. The Balaban J connectivity index is 1.29. The van der Waals surface area contributed by atoms with Crippen molar-refractivity contribution < 1.29 is 9.13 Å². The number of hydrogen-bond donors (Lipinski definition) is 2. The van der Waals surface area contributed by atoms with Gasteiger partial charge in [0.15, 0.2) is 17.3 Å². The lowest BCUT2D eigenvalue weighted by molar-refractivity contribution is 0.473. The number of pyridine rings is 2. The van der Waals surface area contributed by atoms with E-state index in [2.05, 4.69) is 35.6 Å². The lowest BCUT2D eigenvalue weighted by Gasteiger charge is -2.28. The van der Waals surface area contributed by atoms with Gasteiger partial charge in [-0.2, -0.15) is 5.10 Å². The normalized spacial score (nSPS) is 13.9. The van der Waals surface area contributed by atoms with Gasteiger partial charge in [-0.05, 0) is 36.4 Å². The first-order valence-corrected chi connectivity index (χ1v) is 11.3. The van der Waals surface area contributed by atoms with Crippen LogP contribution in [0.25, 0.3) is 16.7 Å². The molecular formula is C23H19ClFN9O. The molecule has 10 nitrogen and oxygen atoms in total. The van der Waals surface area contributed by atoms with Crippen molar-refractivity contribution in [1.29, 1.82) is 0 Å². The van der Waals surface area contributed by atoms with Gasteiger partial charge in [-0.15, -0.1) is 0 Å². The zero-order valence-corrected chi connectivity index (χ0v) is 19.1. The molecule has 0 saturated carbocycles. The van der Waals surface area contributed by atoms with Crippen LogP contribution in [0.2, 0.25) is 5.02 Å². The number of benzene rings is 1. The summed E-state index contributed by atoms with van der Waals surface area (Å²) in [6.07, 6.45) is 4.48. The lowest BCUT2D eigenvalue weighted by atomic mass is 10.2. The van der Waals surface area contributed by atoms with E-state index in [1.54, 1.807) is 35.0 Å². The minimum absolute atomic E-state index is 0.142. The Morgan fingerprint density at radius 3 is 2.77 bits per heavy atom. The van der Waals surface area contributed by atoms with Gasteiger partial charge in [-0.3, -0.25) is 0 Å². The first-order valence-electron chi connectivity index (χ1n) is 11.0. The summed E-state index contributed by atoms with van der Waals surface area (Å²) >= 11 is 6.32. The van der Waals surface area contributed by atoms with Crippen molar-refractivity contribution in [3.63, 3.8) is 0 Å². The maximum atomic E-state index is 15.2. The quantitative estimate of drug-likeness (QED) is 0.379. The number of nitrogens with zero attached hydrogens (tertiary/aromatic N) is 7. The van der Waals surface area contributed by atoms with Crippen LogP contribution in [-0.2, 0) is 0 Å². The number of fused-ring (bicyclic) bond motifs is 2. The van der Waals surface area contributed by atoms with Gasteiger partial charge >= 0.3 is 0 Å². The van der Waals surface area contributed by atoms with Crippen molar-refractivity contribution in [2.75, 3.05) is 36.4 Å². The van der Waals surface area contributed by atoms with E-state index in [9.17, 15) is 0 Å². The molecule has 1 fully saturated rings. The fraction of sp³-hybridized carbons (Fsp3) is 0.174. The molecule has 35 heavy (non-hydrogen) atoms. The number of aromatic nitrogens is 6. The molecule has 1 aromatic carbocycles. The predicted octanol–water partition coefficient (Wildman–Crippen LogP) is 3.81. The summed E-state index contributed by atoms with van der Waals surface area (Å²) in [6, 6.07) is 10.4. The van der Waals surface area contributed by atoms with Crippen molar-refractivity contribution in [3.8, 4) is 11.5 Å². The highest BCUT2D eigenvalue weighted by molar-refractivity contribution is 6.32. The Bertz CT molecular complexity index is 1540. The molecule has 1 aliphatic heterocycles. The first kappa shape index (κ1) is 21.4. The molecule has 1 aliphatic rings. The largest absolute Gasteiger partial charge is 0.454 e. The van der Waals surface area contributed by atoms with E-state index < -0.39 is 5.82 Å². The minimum Gasteiger partial charge on any atom is -0.454 e. The molecule has 1 saturated heterocycles. The van der Waals surface area contributed by atoms with Gasteiger partial charge in [-0.25, -0.2) is 28.8 Å². The molecule has 0 spiro atoms. The number of nitrogens with one attached hydrogen (secondary N) is 2. The fourth-order valence-corrected chi connectivity index (χ4v) is 4.11. The zero-order chi connectivity index (χ0) is 23.8. The third-order valence-corrected chi connectivity index (χ3v) is 6.04. The van der Waals surface area contributed by atoms with Crippen LogP contribution in [0.15, 0.2) is 55.2 Å². The molecule has 5 heterocycles. The molecule has 2 N–H and O–H groups in total. The van der Waals surface area contributed by atoms with E-state index in [4.69, 9.17) is 21.3 Å². The van der Waals surface area contributed by atoms with Crippen molar-refractivity contribution in [2.45, 2.75) is 0 Å². The summed E-state index contributed by atoms with van der Waals surface area (Å²) in [5, 5.41) is 10.2. The molecule has 4 aromatic heterocycles. The van der Waals surface area contributed by atoms with Gasteiger partial charge in [0, 0.05) is 26.2 Å². The molecule has 176 valence electrons. The van der Waals surface area contributed by atoms with Gasteiger partial charge in [0.1, 0.15) is 40.5 Å². The van der Waals surface area contributed by atoms with Crippen LogP contribution < -0.4 is 20.3 Å². The Kier molecular flexibility index (Phi) is 5.47. The zero-order valence-electron chi connectivity index (χ0n) is 18.3. The highest BCUT2D eigenvalue weighted by Crippen LogP contribution is 2.36. The average molecular weight is 492 g/mol. The summed E-state index contributed by atoms with van der Waals surface area (Å²) in [5.74, 6) is 1.14. The fourth-order valence-electron chi connectivity index (χ4n) is 3.91. The second-order valence-corrected chi connectivity index (χ2v) is 8.27. The number of piperazine rings is 1. The highest BCUT2D eigenvalue weighted by atomic mass is 35.5. The van der Waals surface area contributed by atoms with E-state index in [-0.39, 0.29) is 16.5 Å². The predicted molar refractivity (Wildman–Crippen MR) is 130 cm³/mol. The SMILES string of the molecule is Fc1c(Nc2ncnc3ccc(N4CCNCC4)nc23)ccc(Oc2ccc3ncnn3c2)c1Cl. The molecule has 6 rings (SSSR count). The number of rotatable bonds is 5. The van der Waals surface area contributed by atoms with Gasteiger partial charge in [0.2, 0.25) is 0 Å². The summed E-state index contributed by atoms with van der Waals surface area (Å²) in [5.41, 5.74) is 2.00. The van der Waals surface area contributed by atoms with E-state index >= 15 is 4.39 Å². The maximum Gasteiger partial charge on any atom is 0.169 e. The number of ether oxygens (including phenoxy) is 1. The van der Waals surface area contributed by atoms with Crippen LogP contribution >= 0.6 is 11.6 Å². The average Bonchev–Trinajstić information content (AvgIpc) is 3.37. The monoisotopic (exact) mass is 491 g/mol. The van der Waals surface area contributed by atoms with Crippen LogP contribution in [0.4, 0.5) is 21.7 Å². The summed E-state index contributed by atoms with van der Waals surface area (Å²) < 4.78 is 22.6. The Morgan fingerprint density at radius 2 is 1.89 bits per heavy atom. The van der Waals surface area contributed by atoms with Crippen LogP contribution in [0.3, 0.4) is 0 Å². The summed E-state index contributed by atoms with van der Waals surface area (Å²) in [6.45, 7) is 3.48. The molecule has 0 atom stereocenters. The molecule has 0 amide bonds. The van der Waals surface area contributed by atoms with Gasteiger partial charge in [-0.1, -0.05) is 11.6 Å². The van der Waals surface area contributed by atoms with Gasteiger partial charge < -0.3 is 20.3 Å². The van der Waals surface area contributed by atoms with Crippen molar-refractivity contribution in [1.82, 2.24) is 34.9 Å². The van der Waals surface area contributed by atoms with Crippen LogP contribution in [0, 0.1) is 5.82 Å². The van der Waals surface area contributed by atoms with Crippen LogP contribution in [0.1, 0.15) is 0 Å². The van der Waals surface area contributed by atoms with Gasteiger partial charge in [0.05, 0.1) is 17.4 Å². The third-order valence-electron chi connectivity index (χ3n) is 5.68. The minimum atomic E-state index is -0.670. The second kappa shape index (κ2) is 8.93. The number of hydrogen-bond acceptors (Lipinski definition) is 9. The Morgan fingerprint density at radius 1 is 1.00 bits per heavy atom. The van der Waals surface area contributed by atoms with Crippen LogP contribution in [0.5, 0.6) is 11.5 Å². The number of anilines is 3. The molecular weight excluding hydrogens is 473 g/mol. The summed E-state index contributed by atoms with van der Waals surface area (Å²) in [4.78, 5) is 19.6. The first-order chi connectivity index (χ1) is 17.2. The molecule has 5 aromatic rings. The van der Waals surface area contributed by atoms with E-state index in [0.717, 1.165) is 32.0 Å². The van der Waals surface area contributed by atoms with E-state index in [1.807, 2.05) is 12.1 Å². The van der Waals surface area contributed by atoms with Crippen molar-refractivity contribution in [2.24, 2.45) is 0 Å². The molecule has 12 heteroatoms. The van der Waals surface area contributed by atoms with Crippen molar-refractivity contribution >= 4 is 45.6 Å². The second-order valence-electron chi connectivity index (χ2n) is 7.89. The van der Waals surface area contributed by atoms with E-state index in [1.165, 1.54) is 12.7 Å². The molecule has 0 radical (unpaired) electrons. The van der Waals surface area contributed by atoms with Crippen molar-refractivity contribution in [3.05, 3.63) is 66.1 Å². The lowest BCUT2D eigenvalue weighted by Crippen LogP contribution is -2.43. The maximum absolute atomic E-state index is 15.2. The standard InChI is InChI=1S/C23H19ClFN9O/c24-20-17(35-14-1-5-18-28-13-30-34(18)11-14)4-2-15(21(20)25)31-23-22-16(27-12-29-23)3-6-19(32-22)33-9-7-26-8-10-33/h1-6,11-13,26H,7-10H2,(H,27,29,31). The van der Waals surface area contributed by atoms with Crippen LogP contribution in [-0.4, -0.2) is 55.7 Å². The molecule has 0 bridgehead atoms. The molecule has 0 unspecified atom stereocenters. The molecule has 0 aliphatic carbocycles. The Hall–Kier alpha value is -4.09. The Labute approximate surface area is 203 Å². The van der Waals surface area contributed by atoms with E-state index in [0.29, 0.717) is 28.2 Å². The van der Waals surface area contributed by atoms with Gasteiger partial charge in [0.25, 0.3) is 0 Å². The highest BCUT2D eigenvalue weighted by Gasteiger charge is 2.18. The summed E-state index contributed by atoms with van der Waals surface area (Å²) in [7, 11) is 0. The third kappa shape index (κ3) is 4.15. The smallest absolute Gasteiger partial charge is 0.169 e.